The fraction of sp³-hybridized carbons (Fsp3) is 0.200. The second-order valence-electron chi connectivity index (χ2n) is 8.77. The molecular weight excluding hydrogens is 498 g/mol. The van der Waals surface area contributed by atoms with Crippen LogP contribution in [0.2, 0.25) is 0 Å². The second-order valence-corrected chi connectivity index (χ2v) is 10.8. The number of aliphatic imine (C=N–C) groups is 1. The molecule has 0 aromatic heterocycles. The lowest BCUT2D eigenvalue weighted by Crippen LogP contribution is -2.30. The highest BCUT2D eigenvalue weighted by molar-refractivity contribution is 8.19. The molecule has 0 saturated carbocycles. The van der Waals surface area contributed by atoms with Crippen LogP contribution in [-0.4, -0.2) is 36.7 Å². The van der Waals surface area contributed by atoms with Gasteiger partial charge < -0.3 is 9.64 Å². The van der Waals surface area contributed by atoms with Crippen molar-refractivity contribution in [1.29, 1.82) is 0 Å². The molecule has 1 saturated heterocycles. The highest BCUT2D eigenvalue weighted by Gasteiger charge is 2.39. The summed E-state index contributed by atoms with van der Waals surface area (Å²) in [4.78, 5) is 24.2. The zero-order valence-electron chi connectivity index (χ0n) is 21.2. The predicted molar refractivity (Wildman–Crippen MR) is 157 cm³/mol. The number of fused-ring (bicyclic) bond motifs is 1. The van der Waals surface area contributed by atoms with E-state index in [1.54, 1.807) is 18.9 Å². The van der Waals surface area contributed by atoms with Crippen molar-refractivity contribution >= 4 is 58.1 Å². The van der Waals surface area contributed by atoms with E-state index in [0.717, 1.165) is 61.1 Å². The van der Waals surface area contributed by atoms with Gasteiger partial charge in [-0.05, 0) is 53.6 Å². The molecule has 3 aromatic carbocycles. The van der Waals surface area contributed by atoms with E-state index in [2.05, 4.69) is 48.2 Å². The van der Waals surface area contributed by atoms with E-state index in [1.165, 1.54) is 11.8 Å². The molecule has 0 radical (unpaired) electrons. The van der Waals surface area contributed by atoms with Crippen LogP contribution in [0.4, 0.5) is 11.4 Å². The molecule has 0 N–H and O–H groups in total. The van der Waals surface area contributed by atoms with Gasteiger partial charge in [-0.2, -0.15) is 0 Å². The molecule has 188 valence electrons. The highest BCUT2D eigenvalue weighted by Crippen LogP contribution is 2.51. The first-order valence-electron chi connectivity index (χ1n) is 12.3. The van der Waals surface area contributed by atoms with Crippen molar-refractivity contribution in [2.45, 2.75) is 24.7 Å². The summed E-state index contributed by atoms with van der Waals surface area (Å²) < 4.78 is 5.40. The summed E-state index contributed by atoms with van der Waals surface area (Å²) in [5, 5.41) is 1.67. The second kappa shape index (κ2) is 11.3. The number of thioether (sulfide) groups is 2. The van der Waals surface area contributed by atoms with Crippen LogP contribution < -0.4 is 9.64 Å². The normalized spacial score (nSPS) is 18.4. The average molecular weight is 528 g/mol. The van der Waals surface area contributed by atoms with E-state index in [1.807, 2.05) is 60.5 Å². The van der Waals surface area contributed by atoms with E-state index >= 15 is 0 Å². The summed E-state index contributed by atoms with van der Waals surface area (Å²) in [6, 6.07) is 24.4. The lowest BCUT2D eigenvalue weighted by Gasteiger charge is -2.16. The smallest absolute Gasteiger partial charge is 0.269 e. The van der Waals surface area contributed by atoms with Crippen LogP contribution in [0, 0.1) is 0 Å². The molecule has 1 fully saturated rings. The zero-order chi connectivity index (χ0) is 25.8. The van der Waals surface area contributed by atoms with Gasteiger partial charge in [0.15, 0.2) is 5.17 Å². The molecule has 3 aromatic rings. The third-order valence-electron chi connectivity index (χ3n) is 6.22. The summed E-state index contributed by atoms with van der Waals surface area (Å²) in [6.45, 7) is 2.79. The lowest BCUT2D eigenvalue weighted by atomic mass is 10.1. The van der Waals surface area contributed by atoms with Crippen LogP contribution in [0.15, 0.2) is 92.6 Å². The number of nitrogens with zero attached hydrogens (tertiary/aromatic N) is 3. The van der Waals surface area contributed by atoms with Crippen LogP contribution >= 0.6 is 23.5 Å². The number of rotatable bonds is 7. The van der Waals surface area contributed by atoms with Crippen molar-refractivity contribution in [3.63, 3.8) is 0 Å². The first-order valence-corrected chi connectivity index (χ1v) is 14.0. The molecule has 37 heavy (non-hydrogen) atoms. The molecular formula is C30H29N3O2S2. The van der Waals surface area contributed by atoms with Crippen LogP contribution in [0.25, 0.3) is 12.2 Å². The van der Waals surface area contributed by atoms with E-state index in [-0.39, 0.29) is 5.91 Å². The van der Waals surface area contributed by atoms with Crippen molar-refractivity contribution < 1.29 is 9.53 Å². The third-order valence-corrected chi connectivity index (χ3v) is 8.65. The molecule has 2 aliphatic heterocycles. The fourth-order valence-corrected chi connectivity index (χ4v) is 6.46. The van der Waals surface area contributed by atoms with Crippen molar-refractivity contribution in [3.05, 3.63) is 93.9 Å². The first-order chi connectivity index (χ1) is 18.1. The summed E-state index contributed by atoms with van der Waals surface area (Å²) in [5.41, 5.74) is 4.14. The van der Waals surface area contributed by atoms with Crippen LogP contribution in [0.1, 0.15) is 30.9 Å². The monoisotopic (exact) mass is 527 g/mol. The number of carbonyl (C=O) groups excluding carboxylic acids is 1. The van der Waals surface area contributed by atoms with E-state index in [9.17, 15) is 4.79 Å². The summed E-state index contributed by atoms with van der Waals surface area (Å²) >= 11 is 3.09. The van der Waals surface area contributed by atoms with Gasteiger partial charge in [0.1, 0.15) is 10.7 Å². The van der Waals surface area contributed by atoms with Gasteiger partial charge in [0, 0.05) is 24.6 Å². The Morgan fingerprint density at radius 1 is 0.946 bits per heavy atom. The Kier molecular flexibility index (Phi) is 7.72. The van der Waals surface area contributed by atoms with Crippen LogP contribution in [-0.2, 0) is 4.79 Å². The Morgan fingerprint density at radius 2 is 1.68 bits per heavy atom. The number of amides is 1. The largest absolute Gasteiger partial charge is 0.497 e. The molecule has 5 nitrogen and oxygen atoms in total. The molecule has 5 rings (SSSR count). The van der Waals surface area contributed by atoms with Crippen molar-refractivity contribution in [2.24, 2.45) is 4.99 Å². The summed E-state index contributed by atoms with van der Waals surface area (Å²) in [6.07, 6.45) is 6.13. The van der Waals surface area contributed by atoms with Crippen LogP contribution in [0.5, 0.6) is 5.75 Å². The molecule has 0 unspecified atom stereocenters. The standard InChI is InChI=1S/C30H29N3O2S2/c1-4-5-19-33-28(34)27(29-32(2)25-20-24(35-3)17-18-26(25)36-29)37-30(33)31-23-15-13-22(14-16-23)12-11-21-9-7-6-8-10-21/h6-18,20H,4-5,19H2,1-3H3/b12-11+,29-27-,31-30?. The predicted octanol–water partition coefficient (Wildman–Crippen LogP) is 7.64. The minimum atomic E-state index is 0.0220. The lowest BCUT2D eigenvalue weighted by molar-refractivity contribution is -0.122. The molecule has 2 heterocycles. The number of hydrogen-bond acceptors (Lipinski definition) is 6. The highest BCUT2D eigenvalue weighted by atomic mass is 32.2. The maximum Gasteiger partial charge on any atom is 0.269 e. The average Bonchev–Trinajstić information content (AvgIpc) is 3.42. The Labute approximate surface area is 226 Å². The van der Waals surface area contributed by atoms with E-state index < -0.39 is 0 Å². The van der Waals surface area contributed by atoms with Gasteiger partial charge in [-0.25, -0.2) is 4.99 Å². The summed E-state index contributed by atoms with van der Waals surface area (Å²) in [7, 11) is 3.67. The molecule has 0 atom stereocenters. The first kappa shape index (κ1) is 25.2. The van der Waals surface area contributed by atoms with E-state index in [0.29, 0.717) is 6.54 Å². The number of anilines is 1. The number of unbranched alkanes of at least 4 members (excludes halogenated alkanes) is 1. The maximum absolute atomic E-state index is 13.6. The Bertz CT molecular complexity index is 1380. The minimum absolute atomic E-state index is 0.0220. The zero-order valence-corrected chi connectivity index (χ0v) is 22.8. The maximum atomic E-state index is 13.6. The quantitative estimate of drug-likeness (QED) is 0.233. The summed E-state index contributed by atoms with van der Waals surface area (Å²) in [5.74, 6) is 0.825. The van der Waals surface area contributed by atoms with Crippen molar-refractivity contribution in [1.82, 2.24) is 4.90 Å². The van der Waals surface area contributed by atoms with Crippen molar-refractivity contribution in [3.8, 4) is 5.75 Å². The number of hydrogen-bond donors (Lipinski definition) is 0. The number of amidine groups is 1. The van der Waals surface area contributed by atoms with Crippen molar-refractivity contribution in [2.75, 3.05) is 25.6 Å². The number of carbonyl (C=O) groups is 1. The van der Waals surface area contributed by atoms with Gasteiger partial charge in [0.25, 0.3) is 5.91 Å². The topological polar surface area (TPSA) is 45.1 Å². The molecule has 7 heteroatoms. The Morgan fingerprint density at radius 3 is 2.38 bits per heavy atom. The molecule has 1 amide bonds. The van der Waals surface area contributed by atoms with Gasteiger partial charge in [0.05, 0.1) is 23.5 Å². The number of methoxy groups -OCH3 is 1. The number of benzene rings is 3. The SMILES string of the molecule is CCCCN1C(=O)/C(=C2/Sc3ccc(OC)cc3N2C)SC1=Nc1ccc(/C=C/c2ccccc2)cc1. The van der Waals surface area contributed by atoms with Gasteiger partial charge in [0.2, 0.25) is 0 Å². The van der Waals surface area contributed by atoms with Gasteiger partial charge >= 0.3 is 0 Å². The third kappa shape index (κ3) is 5.48. The minimum Gasteiger partial charge on any atom is -0.497 e. The molecule has 2 aliphatic rings. The van der Waals surface area contributed by atoms with Crippen LogP contribution in [0.3, 0.4) is 0 Å². The molecule has 0 spiro atoms. The molecule has 0 bridgehead atoms. The van der Waals surface area contributed by atoms with Gasteiger partial charge in [-0.3, -0.25) is 9.69 Å². The van der Waals surface area contributed by atoms with Gasteiger partial charge in [-0.15, -0.1) is 0 Å². The Balaban J connectivity index is 1.41. The molecule has 0 aliphatic carbocycles. The van der Waals surface area contributed by atoms with Gasteiger partial charge in [-0.1, -0.05) is 79.7 Å². The fourth-order valence-electron chi connectivity index (χ4n) is 4.11. The Hall–Kier alpha value is -3.42. The number of ether oxygens (including phenoxy) is 1. The van der Waals surface area contributed by atoms with E-state index in [4.69, 9.17) is 9.73 Å².